The molecule has 19 heavy (non-hydrogen) atoms. The zero-order chi connectivity index (χ0) is 12.9. The van der Waals surface area contributed by atoms with Crippen LogP contribution in [-0.4, -0.2) is 0 Å². The molecular weight excluding hydrogens is 234 g/mol. The van der Waals surface area contributed by atoms with Gasteiger partial charge in [0.15, 0.2) is 0 Å². The number of nitrogens with one attached hydrogen (secondary N) is 1. The minimum absolute atomic E-state index is 0.327. The van der Waals surface area contributed by atoms with Gasteiger partial charge < -0.3 is 0 Å². The van der Waals surface area contributed by atoms with Crippen LogP contribution in [0, 0.1) is 0 Å². The number of fused-ring (bicyclic) bond motifs is 1. The predicted octanol–water partition coefficient (Wildman–Crippen LogP) is 3.79. The molecule has 0 amide bonds. The van der Waals surface area contributed by atoms with Gasteiger partial charge in [0.1, 0.15) is 0 Å². The third-order valence-electron chi connectivity index (χ3n) is 3.68. The van der Waals surface area contributed by atoms with E-state index in [2.05, 4.69) is 41.9 Å². The van der Waals surface area contributed by atoms with E-state index in [4.69, 9.17) is 4.84 Å². The van der Waals surface area contributed by atoms with E-state index in [1.165, 1.54) is 29.5 Å². The first kappa shape index (κ1) is 12.4. The molecule has 1 aliphatic rings. The Morgan fingerprint density at radius 1 is 1.00 bits per heavy atom. The van der Waals surface area contributed by atoms with Gasteiger partial charge in [-0.3, -0.25) is 4.84 Å². The highest BCUT2D eigenvalue weighted by molar-refractivity contribution is 5.31. The average Bonchev–Trinajstić information content (AvgIpc) is 2.49. The monoisotopic (exact) mass is 253 g/mol. The van der Waals surface area contributed by atoms with Gasteiger partial charge >= 0.3 is 0 Å². The number of aryl methyl sites for hydroxylation is 1. The van der Waals surface area contributed by atoms with E-state index in [0.717, 1.165) is 6.42 Å². The first-order chi connectivity index (χ1) is 9.43. The summed E-state index contributed by atoms with van der Waals surface area (Å²) in [4.78, 5) is 5.67. The largest absolute Gasteiger partial charge is 0.296 e. The number of benzene rings is 2. The van der Waals surface area contributed by atoms with Gasteiger partial charge in [0.25, 0.3) is 0 Å². The maximum atomic E-state index is 5.67. The highest BCUT2D eigenvalue weighted by atomic mass is 16.6. The van der Waals surface area contributed by atoms with Crippen LogP contribution in [-0.2, 0) is 17.9 Å². The second-order valence-corrected chi connectivity index (χ2v) is 5.04. The van der Waals surface area contributed by atoms with Crippen LogP contribution in [0.2, 0.25) is 0 Å². The average molecular weight is 253 g/mol. The maximum absolute atomic E-state index is 5.67. The Kier molecular flexibility index (Phi) is 3.92. The van der Waals surface area contributed by atoms with Gasteiger partial charge in [-0.05, 0) is 36.0 Å². The molecule has 2 aromatic carbocycles. The lowest BCUT2D eigenvalue weighted by Crippen LogP contribution is -2.25. The van der Waals surface area contributed by atoms with Crippen LogP contribution in [0.5, 0.6) is 0 Å². The highest BCUT2D eigenvalue weighted by Crippen LogP contribution is 2.29. The van der Waals surface area contributed by atoms with Crippen LogP contribution in [0.15, 0.2) is 54.6 Å². The summed E-state index contributed by atoms with van der Waals surface area (Å²) in [5.41, 5.74) is 7.26. The van der Waals surface area contributed by atoms with Crippen LogP contribution >= 0.6 is 0 Å². The normalized spacial score (nSPS) is 18.0. The molecule has 3 rings (SSSR count). The Morgan fingerprint density at radius 2 is 1.79 bits per heavy atom. The van der Waals surface area contributed by atoms with Crippen molar-refractivity contribution < 1.29 is 4.84 Å². The van der Waals surface area contributed by atoms with Crippen LogP contribution in [0.25, 0.3) is 0 Å². The summed E-state index contributed by atoms with van der Waals surface area (Å²) in [5.74, 6) is 0. The van der Waals surface area contributed by atoms with Gasteiger partial charge in [-0.2, -0.15) is 5.48 Å². The topological polar surface area (TPSA) is 21.3 Å². The van der Waals surface area contributed by atoms with E-state index in [-0.39, 0.29) is 0 Å². The Labute approximate surface area is 114 Å². The van der Waals surface area contributed by atoms with Gasteiger partial charge in [0, 0.05) is 0 Å². The molecule has 0 saturated heterocycles. The predicted molar refractivity (Wildman–Crippen MR) is 76.5 cm³/mol. The SMILES string of the molecule is c1ccc(CONC2CCCc3ccccc32)cc1. The Balaban J connectivity index is 1.59. The van der Waals surface area contributed by atoms with Crippen molar-refractivity contribution >= 4 is 0 Å². The van der Waals surface area contributed by atoms with Crippen molar-refractivity contribution in [3.8, 4) is 0 Å². The molecule has 2 nitrogen and oxygen atoms in total. The van der Waals surface area contributed by atoms with Gasteiger partial charge in [-0.15, -0.1) is 0 Å². The van der Waals surface area contributed by atoms with E-state index < -0.39 is 0 Å². The molecule has 1 atom stereocenters. The summed E-state index contributed by atoms with van der Waals surface area (Å²) in [6.07, 6.45) is 3.56. The number of rotatable bonds is 4. The molecule has 2 aromatic rings. The highest BCUT2D eigenvalue weighted by Gasteiger charge is 2.19. The minimum atomic E-state index is 0.327. The van der Waals surface area contributed by atoms with E-state index in [1.807, 2.05) is 18.2 Å². The number of hydrogen-bond donors (Lipinski definition) is 1. The van der Waals surface area contributed by atoms with Crippen molar-refractivity contribution in [3.63, 3.8) is 0 Å². The van der Waals surface area contributed by atoms with Crippen LogP contribution < -0.4 is 5.48 Å². The van der Waals surface area contributed by atoms with Gasteiger partial charge in [0.05, 0.1) is 12.6 Å². The Hall–Kier alpha value is -1.64. The lowest BCUT2D eigenvalue weighted by atomic mass is 9.88. The zero-order valence-corrected chi connectivity index (χ0v) is 11.0. The van der Waals surface area contributed by atoms with Crippen molar-refractivity contribution in [3.05, 3.63) is 71.3 Å². The second kappa shape index (κ2) is 6.00. The second-order valence-electron chi connectivity index (χ2n) is 5.04. The van der Waals surface area contributed by atoms with E-state index >= 15 is 0 Å². The molecule has 0 fully saturated rings. The number of hydrogen-bond acceptors (Lipinski definition) is 2. The van der Waals surface area contributed by atoms with Gasteiger partial charge in [-0.25, -0.2) is 0 Å². The summed E-state index contributed by atoms with van der Waals surface area (Å²) in [6, 6.07) is 19.2. The van der Waals surface area contributed by atoms with Crippen molar-refractivity contribution in [2.24, 2.45) is 0 Å². The maximum Gasteiger partial charge on any atom is 0.0933 e. The van der Waals surface area contributed by atoms with Crippen molar-refractivity contribution in [1.29, 1.82) is 0 Å². The van der Waals surface area contributed by atoms with Crippen molar-refractivity contribution in [2.75, 3.05) is 0 Å². The van der Waals surface area contributed by atoms with Crippen LogP contribution in [0.3, 0.4) is 0 Å². The first-order valence-corrected chi connectivity index (χ1v) is 6.92. The molecule has 0 aromatic heterocycles. The van der Waals surface area contributed by atoms with Gasteiger partial charge in [-0.1, -0.05) is 54.6 Å². The molecule has 2 heteroatoms. The standard InChI is InChI=1S/C17H19NO/c1-2-7-14(8-3-1)13-19-18-17-12-6-10-15-9-4-5-11-16(15)17/h1-5,7-9,11,17-18H,6,10,12-13H2. The molecule has 98 valence electrons. The summed E-state index contributed by atoms with van der Waals surface area (Å²) >= 11 is 0. The minimum Gasteiger partial charge on any atom is -0.296 e. The van der Waals surface area contributed by atoms with E-state index in [1.54, 1.807) is 0 Å². The molecule has 0 aliphatic heterocycles. The van der Waals surface area contributed by atoms with Crippen molar-refractivity contribution in [1.82, 2.24) is 5.48 Å². The molecular formula is C17H19NO. The summed E-state index contributed by atoms with van der Waals surface area (Å²) in [6.45, 7) is 0.611. The summed E-state index contributed by atoms with van der Waals surface area (Å²) in [5, 5.41) is 0. The molecule has 0 radical (unpaired) electrons. The lowest BCUT2D eigenvalue weighted by molar-refractivity contribution is -0.000877. The fraction of sp³-hybridized carbons (Fsp3) is 0.294. The molecule has 1 N–H and O–H groups in total. The fourth-order valence-corrected chi connectivity index (χ4v) is 2.68. The lowest BCUT2D eigenvalue weighted by Gasteiger charge is -2.25. The number of hydroxylamine groups is 1. The molecule has 0 bridgehead atoms. The Bertz CT molecular complexity index is 524. The van der Waals surface area contributed by atoms with Crippen molar-refractivity contribution in [2.45, 2.75) is 31.9 Å². The molecule has 1 unspecified atom stereocenters. The quantitative estimate of drug-likeness (QED) is 0.837. The summed E-state index contributed by atoms with van der Waals surface area (Å²) < 4.78 is 0. The van der Waals surface area contributed by atoms with Crippen LogP contribution in [0.1, 0.15) is 35.6 Å². The van der Waals surface area contributed by atoms with Crippen LogP contribution in [0.4, 0.5) is 0 Å². The Morgan fingerprint density at radius 3 is 2.68 bits per heavy atom. The fourth-order valence-electron chi connectivity index (χ4n) is 2.68. The molecule has 0 saturated carbocycles. The molecule has 0 spiro atoms. The third kappa shape index (κ3) is 3.03. The van der Waals surface area contributed by atoms with Gasteiger partial charge in [0.2, 0.25) is 0 Å². The first-order valence-electron chi connectivity index (χ1n) is 6.92. The van der Waals surface area contributed by atoms with E-state index in [0.29, 0.717) is 12.6 Å². The zero-order valence-electron chi connectivity index (χ0n) is 11.0. The molecule has 1 aliphatic carbocycles. The molecule has 0 heterocycles. The smallest absolute Gasteiger partial charge is 0.0933 e. The third-order valence-corrected chi connectivity index (χ3v) is 3.68. The summed E-state index contributed by atoms with van der Waals surface area (Å²) in [7, 11) is 0. The van der Waals surface area contributed by atoms with E-state index in [9.17, 15) is 0 Å².